The van der Waals surface area contributed by atoms with E-state index in [1.807, 2.05) is 64.4 Å². The molecule has 0 spiro atoms. The fourth-order valence-corrected chi connectivity index (χ4v) is 5.44. The normalized spacial score (nSPS) is 14.7. The summed E-state index contributed by atoms with van der Waals surface area (Å²) in [5, 5.41) is 4.55. The molecule has 0 aliphatic heterocycles. The van der Waals surface area contributed by atoms with Crippen molar-refractivity contribution >= 4 is 11.6 Å². The maximum absolute atomic E-state index is 14.4. The van der Waals surface area contributed by atoms with Crippen molar-refractivity contribution in [3.63, 3.8) is 0 Å². The summed E-state index contributed by atoms with van der Waals surface area (Å²) < 4.78 is 8.26. The minimum absolute atomic E-state index is 0.0987. The number of hydrogen-bond donors (Lipinski definition) is 0. The first kappa shape index (κ1) is 27.6. The number of carbonyl (C=O) groups excluding carboxylic acids is 1. The maximum atomic E-state index is 14.4. The van der Waals surface area contributed by atoms with Gasteiger partial charge in [0, 0.05) is 24.0 Å². The van der Waals surface area contributed by atoms with E-state index in [1.54, 1.807) is 0 Å². The lowest BCUT2D eigenvalue weighted by Gasteiger charge is -2.31. The number of anilines is 1. The Kier molecular flexibility index (Phi) is 8.94. The second-order valence-electron chi connectivity index (χ2n) is 11.0. The first-order valence-electron chi connectivity index (χ1n) is 14.6. The zero-order valence-corrected chi connectivity index (χ0v) is 23.9. The number of ether oxygens (including phenoxy) is 1. The van der Waals surface area contributed by atoms with Crippen LogP contribution in [-0.4, -0.2) is 20.7 Å². The summed E-state index contributed by atoms with van der Waals surface area (Å²) >= 11 is 0. The first-order chi connectivity index (χ1) is 19.5. The van der Waals surface area contributed by atoms with E-state index < -0.39 is 0 Å². The van der Waals surface area contributed by atoms with Crippen molar-refractivity contribution in [1.82, 2.24) is 14.8 Å². The number of pyridine rings is 1. The molecule has 40 heavy (non-hydrogen) atoms. The van der Waals surface area contributed by atoms with E-state index in [0.29, 0.717) is 19.1 Å². The van der Waals surface area contributed by atoms with E-state index in [1.165, 1.54) is 0 Å². The summed E-state index contributed by atoms with van der Waals surface area (Å²) in [6.07, 6.45) is 10.7. The van der Waals surface area contributed by atoms with Crippen LogP contribution in [0.1, 0.15) is 86.2 Å². The standard InChI is InChI=1S/C34H40N4O2/c1-4-5-19-37-22-27(20-36-37)23-38(28-17-18-32(25(2)3)35-21-28)34(39)31-15-9-14-30-29(31)13-10-16-33(30)40-24-26-11-7-6-8-12-26/h6-8,10-13,16-18,20-22,25,31H,4-5,9,14-15,19,23-24H2,1-3H3. The van der Waals surface area contributed by atoms with Gasteiger partial charge in [0.15, 0.2) is 0 Å². The maximum Gasteiger partial charge on any atom is 0.234 e. The lowest BCUT2D eigenvalue weighted by molar-refractivity contribution is -0.120. The van der Waals surface area contributed by atoms with E-state index >= 15 is 0 Å². The van der Waals surface area contributed by atoms with Gasteiger partial charge in [-0.15, -0.1) is 0 Å². The smallest absolute Gasteiger partial charge is 0.234 e. The summed E-state index contributed by atoms with van der Waals surface area (Å²) in [6, 6.07) is 20.4. The van der Waals surface area contributed by atoms with Crippen LogP contribution in [0, 0.1) is 0 Å². The lowest BCUT2D eigenvalue weighted by Crippen LogP contribution is -2.36. The van der Waals surface area contributed by atoms with Crippen LogP contribution >= 0.6 is 0 Å². The van der Waals surface area contributed by atoms with Gasteiger partial charge < -0.3 is 9.64 Å². The molecule has 0 radical (unpaired) electrons. The summed E-state index contributed by atoms with van der Waals surface area (Å²) in [5.74, 6) is 1.07. The van der Waals surface area contributed by atoms with Gasteiger partial charge in [0.05, 0.1) is 30.5 Å². The molecule has 0 saturated carbocycles. The number of unbranched alkanes of at least 4 members (excludes halogenated alkanes) is 1. The summed E-state index contributed by atoms with van der Waals surface area (Å²) in [7, 11) is 0. The van der Waals surface area contributed by atoms with Gasteiger partial charge in [0.25, 0.3) is 0 Å². The van der Waals surface area contributed by atoms with Crippen LogP contribution in [0.5, 0.6) is 5.75 Å². The van der Waals surface area contributed by atoms with Crippen LogP contribution in [0.15, 0.2) is 79.3 Å². The quantitative estimate of drug-likeness (QED) is 0.200. The average Bonchev–Trinajstić information content (AvgIpc) is 3.45. The Morgan fingerprint density at radius 3 is 2.65 bits per heavy atom. The molecule has 4 aromatic rings. The van der Waals surface area contributed by atoms with E-state index in [2.05, 4.69) is 50.3 Å². The van der Waals surface area contributed by atoms with Gasteiger partial charge in [-0.05, 0) is 66.5 Å². The molecule has 1 atom stereocenters. The molecule has 6 nitrogen and oxygen atoms in total. The molecule has 2 aromatic heterocycles. The Bertz CT molecular complexity index is 1400. The number of aryl methyl sites for hydroxylation is 1. The zero-order chi connectivity index (χ0) is 27.9. The number of benzene rings is 2. The molecule has 0 bridgehead atoms. The highest BCUT2D eigenvalue weighted by Gasteiger charge is 2.32. The molecule has 0 fully saturated rings. The number of rotatable bonds is 11. The van der Waals surface area contributed by atoms with Crippen LogP contribution in [0.3, 0.4) is 0 Å². The molecular weight excluding hydrogens is 496 g/mol. The Labute approximate surface area is 238 Å². The van der Waals surface area contributed by atoms with Gasteiger partial charge in [-0.1, -0.05) is 69.7 Å². The molecule has 1 unspecified atom stereocenters. The molecule has 1 aliphatic rings. The van der Waals surface area contributed by atoms with Crippen molar-refractivity contribution in [2.75, 3.05) is 4.90 Å². The van der Waals surface area contributed by atoms with Crippen LogP contribution in [0.25, 0.3) is 0 Å². The predicted octanol–water partition coefficient (Wildman–Crippen LogP) is 7.43. The van der Waals surface area contributed by atoms with Crippen LogP contribution in [0.2, 0.25) is 0 Å². The number of aromatic nitrogens is 3. The molecular formula is C34H40N4O2. The van der Waals surface area contributed by atoms with E-state index in [4.69, 9.17) is 9.72 Å². The molecule has 2 aromatic carbocycles. The van der Waals surface area contributed by atoms with E-state index in [0.717, 1.165) is 78.0 Å². The van der Waals surface area contributed by atoms with Crippen molar-refractivity contribution in [2.24, 2.45) is 0 Å². The second-order valence-corrected chi connectivity index (χ2v) is 11.0. The van der Waals surface area contributed by atoms with E-state index in [9.17, 15) is 4.79 Å². The Morgan fingerprint density at radius 2 is 1.90 bits per heavy atom. The fourth-order valence-electron chi connectivity index (χ4n) is 5.44. The number of amides is 1. The monoisotopic (exact) mass is 536 g/mol. The molecule has 6 heteroatoms. The summed E-state index contributed by atoms with van der Waals surface area (Å²) in [5.41, 5.74) is 6.23. The van der Waals surface area contributed by atoms with Gasteiger partial charge in [0.1, 0.15) is 12.4 Å². The van der Waals surface area contributed by atoms with Gasteiger partial charge in [-0.2, -0.15) is 5.10 Å². The number of carbonyl (C=O) groups is 1. The Hall–Kier alpha value is -3.93. The van der Waals surface area contributed by atoms with Crippen molar-refractivity contribution in [3.05, 3.63) is 107 Å². The van der Waals surface area contributed by atoms with Gasteiger partial charge >= 0.3 is 0 Å². The van der Waals surface area contributed by atoms with Crippen LogP contribution in [-0.2, 0) is 30.9 Å². The molecule has 5 rings (SSSR count). The molecule has 0 saturated heterocycles. The van der Waals surface area contributed by atoms with Crippen molar-refractivity contribution in [1.29, 1.82) is 0 Å². The van der Waals surface area contributed by atoms with Crippen LogP contribution in [0.4, 0.5) is 5.69 Å². The lowest BCUT2D eigenvalue weighted by atomic mass is 9.81. The topological polar surface area (TPSA) is 60.2 Å². The third-order valence-electron chi connectivity index (χ3n) is 7.71. The van der Waals surface area contributed by atoms with Gasteiger partial charge in [0.2, 0.25) is 5.91 Å². The Morgan fingerprint density at radius 1 is 1.05 bits per heavy atom. The number of fused-ring (bicyclic) bond motifs is 1. The van der Waals surface area contributed by atoms with E-state index in [-0.39, 0.29) is 11.8 Å². The second kappa shape index (κ2) is 12.9. The molecule has 2 heterocycles. The predicted molar refractivity (Wildman–Crippen MR) is 160 cm³/mol. The van der Waals surface area contributed by atoms with Crippen molar-refractivity contribution < 1.29 is 9.53 Å². The largest absolute Gasteiger partial charge is 0.489 e. The number of hydrogen-bond acceptors (Lipinski definition) is 4. The highest BCUT2D eigenvalue weighted by atomic mass is 16.5. The third kappa shape index (κ3) is 6.44. The molecule has 1 amide bonds. The van der Waals surface area contributed by atoms with Crippen LogP contribution < -0.4 is 9.64 Å². The minimum Gasteiger partial charge on any atom is -0.489 e. The minimum atomic E-state index is -0.232. The Balaban J connectivity index is 1.42. The molecule has 1 aliphatic carbocycles. The molecule has 0 N–H and O–H groups in total. The highest BCUT2D eigenvalue weighted by Crippen LogP contribution is 2.39. The first-order valence-corrected chi connectivity index (χ1v) is 14.6. The highest BCUT2D eigenvalue weighted by molar-refractivity contribution is 5.98. The summed E-state index contributed by atoms with van der Waals surface area (Å²) in [4.78, 5) is 21.0. The SMILES string of the molecule is CCCCn1cc(CN(C(=O)C2CCCc3c(OCc4ccccc4)cccc32)c2ccc(C(C)C)nc2)cn1. The van der Waals surface area contributed by atoms with Gasteiger partial charge in [-0.3, -0.25) is 14.5 Å². The summed E-state index contributed by atoms with van der Waals surface area (Å²) in [6.45, 7) is 8.30. The van der Waals surface area contributed by atoms with Gasteiger partial charge in [-0.25, -0.2) is 0 Å². The van der Waals surface area contributed by atoms with Crippen molar-refractivity contribution in [2.45, 2.75) is 84.4 Å². The average molecular weight is 537 g/mol. The third-order valence-corrected chi connectivity index (χ3v) is 7.71. The van der Waals surface area contributed by atoms with Crippen molar-refractivity contribution in [3.8, 4) is 5.75 Å². The zero-order valence-electron chi connectivity index (χ0n) is 23.9. The number of nitrogens with zero attached hydrogens (tertiary/aromatic N) is 4. The molecule has 208 valence electrons. The fraction of sp³-hybridized carbons (Fsp3) is 0.382.